The zero-order valence-corrected chi connectivity index (χ0v) is 18.2. The number of piperidine rings is 1. The zero-order chi connectivity index (χ0) is 20.4. The molecule has 4 heterocycles. The van der Waals surface area contributed by atoms with Crippen molar-refractivity contribution in [3.8, 4) is 5.82 Å². The molecule has 29 heavy (non-hydrogen) atoms. The summed E-state index contributed by atoms with van der Waals surface area (Å²) >= 11 is 0. The van der Waals surface area contributed by atoms with Gasteiger partial charge in [-0.1, -0.05) is 0 Å². The Morgan fingerprint density at radius 3 is 2.24 bits per heavy atom. The maximum atomic E-state index is 5.85. The van der Waals surface area contributed by atoms with Crippen LogP contribution in [0.2, 0.25) is 0 Å². The van der Waals surface area contributed by atoms with Crippen LogP contribution >= 0.6 is 0 Å². The second-order valence-corrected chi connectivity index (χ2v) is 8.82. The summed E-state index contributed by atoms with van der Waals surface area (Å²) in [6.45, 7) is 13.9. The second-order valence-electron chi connectivity index (χ2n) is 8.82. The van der Waals surface area contributed by atoms with Gasteiger partial charge in [0, 0.05) is 31.9 Å². The molecule has 0 bridgehead atoms. The summed E-state index contributed by atoms with van der Waals surface area (Å²) in [7, 11) is 0. The van der Waals surface area contributed by atoms with E-state index in [0.29, 0.717) is 12.2 Å². The highest BCUT2D eigenvalue weighted by Crippen LogP contribution is 2.25. The van der Waals surface area contributed by atoms with Crippen LogP contribution in [0, 0.1) is 19.8 Å². The van der Waals surface area contributed by atoms with E-state index in [4.69, 9.17) is 4.74 Å². The van der Waals surface area contributed by atoms with Crippen molar-refractivity contribution in [1.29, 1.82) is 0 Å². The molecule has 7 nitrogen and oxygen atoms in total. The standard InChI is InChI=1S/C22H34N6O/c1-16-13-17(2)28(25-16)22-6-5-21(23-24-22)27-11-8-20(9-12-27)7-10-26-14-18(3)29-19(4)15-26/h5-6,13,18-20H,7-12,14-15H2,1-4H3. The van der Waals surface area contributed by atoms with Gasteiger partial charge in [-0.15, -0.1) is 10.2 Å². The van der Waals surface area contributed by atoms with E-state index in [1.807, 2.05) is 24.6 Å². The third kappa shape index (κ3) is 4.95. The topological polar surface area (TPSA) is 59.3 Å². The predicted molar refractivity (Wildman–Crippen MR) is 115 cm³/mol. The molecule has 2 aromatic heterocycles. The van der Waals surface area contributed by atoms with E-state index in [9.17, 15) is 0 Å². The molecule has 0 amide bonds. The molecule has 2 atom stereocenters. The van der Waals surface area contributed by atoms with Crippen LogP contribution in [0.4, 0.5) is 5.82 Å². The van der Waals surface area contributed by atoms with Crippen molar-refractivity contribution in [2.45, 2.75) is 59.2 Å². The second kappa shape index (κ2) is 8.79. The molecule has 0 spiro atoms. The monoisotopic (exact) mass is 398 g/mol. The molecule has 2 fully saturated rings. The highest BCUT2D eigenvalue weighted by Gasteiger charge is 2.25. The van der Waals surface area contributed by atoms with E-state index in [1.54, 1.807) is 0 Å². The summed E-state index contributed by atoms with van der Waals surface area (Å²) in [6, 6.07) is 6.16. The van der Waals surface area contributed by atoms with Crippen molar-refractivity contribution in [1.82, 2.24) is 24.9 Å². The first-order valence-electron chi connectivity index (χ1n) is 11.0. The van der Waals surface area contributed by atoms with Gasteiger partial charge in [0.1, 0.15) is 0 Å². The largest absolute Gasteiger partial charge is 0.373 e. The van der Waals surface area contributed by atoms with Crippen LogP contribution in [0.15, 0.2) is 18.2 Å². The highest BCUT2D eigenvalue weighted by atomic mass is 16.5. The number of hydrogen-bond acceptors (Lipinski definition) is 6. The SMILES string of the molecule is Cc1cc(C)n(-c2ccc(N3CCC(CCN4CC(C)OC(C)C4)CC3)nn2)n1. The lowest BCUT2D eigenvalue weighted by atomic mass is 9.93. The average Bonchev–Trinajstić information content (AvgIpc) is 3.04. The van der Waals surface area contributed by atoms with E-state index in [2.05, 4.69) is 51.1 Å². The average molecular weight is 399 g/mol. The molecule has 2 unspecified atom stereocenters. The number of aryl methyl sites for hydroxylation is 2. The van der Waals surface area contributed by atoms with Crippen LogP contribution in [0.3, 0.4) is 0 Å². The normalized spacial score (nSPS) is 24.2. The molecule has 2 aliphatic rings. The van der Waals surface area contributed by atoms with Crippen LogP contribution in [-0.4, -0.2) is 69.8 Å². The molecule has 0 aliphatic carbocycles. The van der Waals surface area contributed by atoms with Gasteiger partial charge in [-0.25, -0.2) is 4.68 Å². The van der Waals surface area contributed by atoms with Crippen molar-refractivity contribution >= 4 is 5.82 Å². The summed E-state index contributed by atoms with van der Waals surface area (Å²) < 4.78 is 7.70. The minimum absolute atomic E-state index is 0.358. The Morgan fingerprint density at radius 2 is 1.66 bits per heavy atom. The van der Waals surface area contributed by atoms with Crippen molar-refractivity contribution in [2.75, 3.05) is 37.6 Å². The molecule has 0 N–H and O–H groups in total. The van der Waals surface area contributed by atoms with Crippen molar-refractivity contribution in [3.63, 3.8) is 0 Å². The van der Waals surface area contributed by atoms with Crippen LogP contribution in [0.5, 0.6) is 0 Å². The molecule has 4 rings (SSSR count). The van der Waals surface area contributed by atoms with E-state index in [1.165, 1.54) is 25.8 Å². The van der Waals surface area contributed by atoms with E-state index >= 15 is 0 Å². The Balaban J connectivity index is 1.27. The first kappa shape index (κ1) is 20.3. The molecule has 7 heteroatoms. The number of rotatable bonds is 5. The van der Waals surface area contributed by atoms with Crippen LogP contribution in [0.1, 0.15) is 44.5 Å². The van der Waals surface area contributed by atoms with Gasteiger partial charge in [0.05, 0.1) is 17.9 Å². The highest BCUT2D eigenvalue weighted by molar-refractivity contribution is 5.40. The molecule has 0 aromatic carbocycles. The Labute approximate surface area is 174 Å². The lowest BCUT2D eigenvalue weighted by Gasteiger charge is -2.37. The van der Waals surface area contributed by atoms with Gasteiger partial charge >= 0.3 is 0 Å². The van der Waals surface area contributed by atoms with Crippen LogP contribution in [0.25, 0.3) is 5.82 Å². The summed E-state index contributed by atoms with van der Waals surface area (Å²) in [5.41, 5.74) is 2.07. The smallest absolute Gasteiger partial charge is 0.176 e. The molecule has 2 aliphatic heterocycles. The molecular formula is C22H34N6O. The third-order valence-corrected chi connectivity index (χ3v) is 6.15. The Kier molecular flexibility index (Phi) is 6.15. The third-order valence-electron chi connectivity index (χ3n) is 6.15. The number of hydrogen-bond donors (Lipinski definition) is 0. The van der Waals surface area contributed by atoms with Gasteiger partial charge in [0.25, 0.3) is 0 Å². The fraction of sp³-hybridized carbons (Fsp3) is 0.682. The molecule has 2 aromatic rings. The van der Waals surface area contributed by atoms with Gasteiger partial charge < -0.3 is 9.64 Å². The summed E-state index contributed by atoms with van der Waals surface area (Å²) in [5.74, 6) is 2.56. The van der Waals surface area contributed by atoms with Gasteiger partial charge in [-0.05, 0) is 77.6 Å². The summed E-state index contributed by atoms with van der Waals surface area (Å²) in [4.78, 5) is 4.95. The van der Waals surface area contributed by atoms with E-state index in [-0.39, 0.29) is 0 Å². The van der Waals surface area contributed by atoms with E-state index in [0.717, 1.165) is 55.1 Å². The molecule has 0 radical (unpaired) electrons. The number of anilines is 1. The molecule has 0 saturated carbocycles. The lowest BCUT2D eigenvalue weighted by Crippen LogP contribution is -2.46. The summed E-state index contributed by atoms with van der Waals surface area (Å²) in [6.07, 6.45) is 4.47. The van der Waals surface area contributed by atoms with E-state index < -0.39 is 0 Å². The first-order chi connectivity index (χ1) is 14.0. The number of aromatic nitrogens is 4. The number of ether oxygens (including phenoxy) is 1. The van der Waals surface area contributed by atoms with Crippen molar-refractivity contribution in [2.24, 2.45) is 5.92 Å². The van der Waals surface area contributed by atoms with Crippen LogP contribution in [-0.2, 0) is 4.74 Å². The maximum absolute atomic E-state index is 5.85. The van der Waals surface area contributed by atoms with Gasteiger partial charge in [0.15, 0.2) is 11.6 Å². The maximum Gasteiger partial charge on any atom is 0.176 e. The molecule has 2 saturated heterocycles. The van der Waals surface area contributed by atoms with Gasteiger partial charge in [-0.2, -0.15) is 5.10 Å². The first-order valence-corrected chi connectivity index (χ1v) is 11.0. The minimum atomic E-state index is 0.358. The fourth-order valence-electron chi connectivity index (χ4n) is 4.74. The fourth-order valence-corrected chi connectivity index (χ4v) is 4.74. The van der Waals surface area contributed by atoms with Crippen molar-refractivity contribution in [3.05, 3.63) is 29.6 Å². The molecular weight excluding hydrogens is 364 g/mol. The van der Waals surface area contributed by atoms with Crippen molar-refractivity contribution < 1.29 is 4.74 Å². The number of nitrogens with zero attached hydrogens (tertiary/aromatic N) is 6. The lowest BCUT2D eigenvalue weighted by molar-refractivity contribution is -0.0690. The molecule has 158 valence electrons. The van der Waals surface area contributed by atoms with Gasteiger partial charge in [-0.3, -0.25) is 4.90 Å². The Morgan fingerprint density at radius 1 is 1.00 bits per heavy atom. The quantitative estimate of drug-likeness (QED) is 0.772. The summed E-state index contributed by atoms with van der Waals surface area (Å²) in [5, 5.41) is 13.4. The predicted octanol–water partition coefficient (Wildman–Crippen LogP) is 2.99. The minimum Gasteiger partial charge on any atom is -0.373 e. The van der Waals surface area contributed by atoms with Gasteiger partial charge in [0.2, 0.25) is 0 Å². The zero-order valence-electron chi connectivity index (χ0n) is 18.2. The Hall–Kier alpha value is -1.99. The number of morpholine rings is 1. The Bertz CT molecular complexity index is 786. The van der Waals surface area contributed by atoms with Crippen LogP contribution < -0.4 is 4.90 Å².